The molecule has 1 heterocycles. The lowest BCUT2D eigenvalue weighted by atomic mass is 9.74. The van der Waals surface area contributed by atoms with Gasteiger partial charge in [0.25, 0.3) is 0 Å². The van der Waals surface area contributed by atoms with E-state index in [9.17, 15) is 14.7 Å². The first-order valence-electron chi connectivity index (χ1n) is 7.76. The van der Waals surface area contributed by atoms with Gasteiger partial charge in [0.1, 0.15) is 0 Å². The predicted molar refractivity (Wildman–Crippen MR) is 76.0 cm³/mol. The van der Waals surface area contributed by atoms with E-state index in [1.54, 1.807) is 4.90 Å². The van der Waals surface area contributed by atoms with Gasteiger partial charge in [0, 0.05) is 31.5 Å². The molecule has 2 amide bonds. The molecule has 1 saturated carbocycles. The average molecular weight is 282 g/mol. The Bertz CT molecular complexity index is 364. The Hall–Kier alpha value is -1.10. The van der Waals surface area contributed by atoms with E-state index >= 15 is 0 Å². The van der Waals surface area contributed by atoms with Gasteiger partial charge in [-0.25, -0.2) is 0 Å². The van der Waals surface area contributed by atoms with Gasteiger partial charge >= 0.3 is 0 Å². The Balaban J connectivity index is 1.84. The lowest BCUT2D eigenvalue weighted by Crippen LogP contribution is -2.43. The van der Waals surface area contributed by atoms with Crippen molar-refractivity contribution in [2.75, 3.05) is 26.2 Å². The van der Waals surface area contributed by atoms with E-state index in [1.807, 2.05) is 6.92 Å². The molecule has 1 aliphatic carbocycles. The van der Waals surface area contributed by atoms with Gasteiger partial charge in [-0.15, -0.1) is 0 Å². The summed E-state index contributed by atoms with van der Waals surface area (Å²) in [5.41, 5.74) is -0.138. The number of nitrogens with zero attached hydrogens (tertiary/aromatic N) is 1. The van der Waals surface area contributed by atoms with Crippen LogP contribution in [0.1, 0.15) is 45.4 Å². The second-order valence-corrected chi connectivity index (χ2v) is 6.27. The fraction of sp³-hybridized carbons (Fsp3) is 0.867. The zero-order valence-corrected chi connectivity index (χ0v) is 12.4. The summed E-state index contributed by atoms with van der Waals surface area (Å²) in [5, 5.41) is 12.6. The monoisotopic (exact) mass is 282 g/mol. The van der Waals surface area contributed by atoms with E-state index in [0.29, 0.717) is 26.1 Å². The molecule has 1 unspecified atom stereocenters. The molecule has 2 aliphatic rings. The standard InChI is InChI=1S/C15H26N2O3/c1-2-17-9-12(8-13(17)19)14(20)16-10-15(11-18)6-4-3-5-7-15/h12,18H,2-11H2,1H3,(H,16,20). The van der Waals surface area contributed by atoms with Crippen LogP contribution in [0.25, 0.3) is 0 Å². The normalized spacial score (nSPS) is 25.8. The predicted octanol–water partition coefficient (Wildman–Crippen LogP) is 0.914. The van der Waals surface area contributed by atoms with Gasteiger partial charge in [0.2, 0.25) is 11.8 Å². The van der Waals surface area contributed by atoms with Crippen molar-refractivity contribution in [2.45, 2.75) is 45.4 Å². The third-order valence-corrected chi connectivity index (χ3v) is 4.85. The van der Waals surface area contributed by atoms with Crippen molar-refractivity contribution in [1.29, 1.82) is 0 Å². The van der Waals surface area contributed by atoms with Gasteiger partial charge in [-0.1, -0.05) is 19.3 Å². The second-order valence-electron chi connectivity index (χ2n) is 6.27. The third kappa shape index (κ3) is 3.32. The fourth-order valence-electron chi connectivity index (χ4n) is 3.36. The van der Waals surface area contributed by atoms with Gasteiger partial charge in [-0.3, -0.25) is 9.59 Å². The third-order valence-electron chi connectivity index (χ3n) is 4.85. The molecule has 20 heavy (non-hydrogen) atoms. The van der Waals surface area contributed by atoms with Gasteiger partial charge in [-0.05, 0) is 19.8 Å². The van der Waals surface area contributed by atoms with Crippen molar-refractivity contribution >= 4 is 11.8 Å². The Labute approximate surface area is 120 Å². The summed E-state index contributed by atoms with van der Waals surface area (Å²) >= 11 is 0. The van der Waals surface area contributed by atoms with Crippen LogP contribution in [0.4, 0.5) is 0 Å². The maximum atomic E-state index is 12.2. The Kier molecular flexibility index (Phi) is 5.02. The highest BCUT2D eigenvalue weighted by molar-refractivity contribution is 5.89. The lowest BCUT2D eigenvalue weighted by Gasteiger charge is -2.35. The van der Waals surface area contributed by atoms with E-state index in [4.69, 9.17) is 0 Å². The molecule has 0 aromatic rings. The summed E-state index contributed by atoms with van der Waals surface area (Å²) in [6, 6.07) is 0. The lowest BCUT2D eigenvalue weighted by molar-refractivity contribution is -0.129. The summed E-state index contributed by atoms with van der Waals surface area (Å²) in [4.78, 5) is 25.6. The molecular weight excluding hydrogens is 256 g/mol. The van der Waals surface area contributed by atoms with Crippen LogP contribution < -0.4 is 5.32 Å². The zero-order chi connectivity index (χ0) is 14.6. The minimum atomic E-state index is -0.221. The van der Waals surface area contributed by atoms with Crippen LogP contribution in [0.2, 0.25) is 0 Å². The first-order valence-corrected chi connectivity index (χ1v) is 7.76. The molecule has 5 nitrogen and oxygen atoms in total. The van der Waals surface area contributed by atoms with E-state index in [0.717, 1.165) is 25.7 Å². The van der Waals surface area contributed by atoms with Crippen molar-refractivity contribution in [3.05, 3.63) is 0 Å². The summed E-state index contributed by atoms with van der Waals surface area (Å²) in [5.74, 6) is -0.184. The Morgan fingerprint density at radius 3 is 2.65 bits per heavy atom. The molecule has 114 valence electrons. The number of rotatable bonds is 5. The highest BCUT2D eigenvalue weighted by Crippen LogP contribution is 2.35. The molecule has 1 aliphatic heterocycles. The molecule has 0 aromatic heterocycles. The first-order chi connectivity index (χ1) is 9.60. The van der Waals surface area contributed by atoms with Crippen molar-refractivity contribution in [2.24, 2.45) is 11.3 Å². The SMILES string of the molecule is CCN1CC(C(=O)NCC2(CO)CCCCC2)CC1=O. The number of likely N-dealkylation sites (tertiary alicyclic amines) is 1. The summed E-state index contributed by atoms with van der Waals surface area (Å²) in [7, 11) is 0. The summed E-state index contributed by atoms with van der Waals surface area (Å²) < 4.78 is 0. The number of hydrogen-bond donors (Lipinski definition) is 2. The second kappa shape index (κ2) is 6.57. The van der Waals surface area contributed by atoms with Crippen LogP contribution in [-0.4, -0.2) is 48.1 Å². The Morgan fingerprint density at radius 1 is 1.40 bits per heavy atom. The van der Waals surface area contributed by atoms with Crippen LogP contribution in [0.3, 0.4) is 0 Å². The van der Waals surface area contributed by atoms with E-state index in [1.165, 1.54) is 6.42 Å². The van der Waals surface area contributed by atoms with Crippen molar-refractivity contribution in [3.63, 3.8) is 0 Å². The Morgan fingerprint density at radius 2 is 2.10 bits per heavy atom. The molecule has 2 fully saturated rings. The molecule has 1 saturated heterocycles. The van der Waals surface area contributed by atoms with E-state index < -0.39 is 0 Å². The van der Waals surface area contributed by atoms with Crippen LogP contribution in [0, 0.1) is 11.3 Å². The highest BCUT2D eigenvalue weighted by atomic mass is 16.3. The molecule has 1 atom stereocenters. The topological polar surface area (TPSA) is 69.6 Å². The van der Waals surface area contributed by atoms with Gasteiger partial charge in [0.15, 0.2) is 0 Å². The highest BCUT2D eigenvalue weighted by Gasteiger charge is 2.36. The zero-order valence-electron chi connectivity index (χ0n) is 12.4. The molecule has 2 N–H and O–H groups in total. The number of hydrogen-bond acceptors (Lipinski definition) is 3. The first kappa shape index (κ1) is 15.3. The minimum Gasteiger partial charge on any atom is -0.396 e. The van der Waals surface area contributed by atoms with E-state index in [2.05, 4.69) is 5.32 Å². The number of aliphatic hydroxyl groups excluding tert-OH is 1. The number of amides is 2. The summed E-state index contributed by atoms with van der Waals surface area (Å²) in [6.07, 6.45) is 5.76. The number of carbonyl (C=O) groups is 2. The van der Waals surface area contributed by atoms with Crippen molar-refractivity contribution in [1.82, 2.24) is 10.2 Å². The maximum absolute atomic E-state index is 12.2. The van der Waals surface area contributed by atoms with Gasteiger partial charge in [0.05, 0.1) is 12.5 Å². The number of carbonyl (C=O) groups excluding carboxylic acids is 2. The van der Waals surface area contributed by atoms with Gasteiger partial charge in [-0.2, -0.15) is 0 Å². The van der Waals surface area contributed by atoms with Gasteiger partial charge < -0.3 is 15.3 Å². The van der Waals surface area contributed by atoms with Crippen LogP contribution >= 0.6 is 0 Å². The average Bonchev–Trinajstić information content (AvgIpc) is 2.87. The van der Waals surface area contributed by atoms with Crippen LogP contribution in [0.5, 0.6) is 0 Å². The summed E-state index contributed by atoms with van der Waals surface area (Å²) in [6.45, 7) is 3.81. The molecule has 0 bridgehead atoms. The van der Waals surface area contributed by atoms with Crippen LogP contribution in [-0.2, 0) is 9.59 Å². The molecule has 0 aromatic carbocycles. The molecule has 2 rings (SSSR count). The molecule has 5 heteroatoms. The smallest absolute Gasteiger partial charge is 0.225 e. The largest absolute Gasteiger partial charge is 0.396 e. The van der Waals surface area contributed by atoms with E-state index in [-0.39, 0.29) is 29.8 Å². The fourth-order valence-corrected chi connectivity index (χ4v) is 3.36. The maximum Gasteiger partial charge on any atom is 0.225 e. The van der Waals surface area contributed by atoms with Crippen molar-refractivity contribution in [3.8, 4) is 0 Å². The quantitative estimate of drug-likeness (QED) is 0.787. The van der Waals surface area contributed by atoms with Crippen molar-refractivity contribution < 1.29 is 14.7 Å². The molecule has 0 spiro atoms. The number of aliphatic hydroxyl groups is 1. The van der Waals surface area contributed by atoms with Crippen LogP contribution in [0.15, 0.2) is 0 Å². The molecule has 0 radical (unpaired) electrons. The number of nitrogens with one attached hydrogen (secondary N) is 1. The molecular formula is C15H26N2O3. The minimum absolute atomic E-state index is 0.0345.